The van der Waals surface area contributed by atoms with Crippen LogP contribution in [0.15, 0.2) is 24.3 Å². The second-order valence-corrected chi connectivity index (χ2v) is 6.20. The normalized spacial score (nSPS) is 23.4. The lowest BCUT2D eigenvalue weighted by Crippen LogP contribution is -3.17. The van der Waals surface area contributed by atoms with Gasteiger partial charge in [0.25, 0.3) is 5.91 Å². The van der Waals surface area contributed by atoms with Crippen molar-refractivity contribution < 1.29 is 14.5 Å². The number of carbonyl (C=O) groups is 2. The zero-order valence-corrected chi connectivity index (χ0v) is 13.1. The number of hydrogen-bond donors (Lipinski definition) is 2. The van der Waals surface area contributed by atoms with Gasteiger partial charge in [0.1, 0.15) is 0 Å². The molecular weight excluding hydrogens is 264 g/mol. The minimum Gasteiger partial charge on any atom is -0.325 e. The second-order valence-electron chi connectivity index (χ2n) is 6.20. The maximum absolute atomic E-state index is 12.3. The lowest BCUT2D eigenvalue weighted by Gasteiger charge is -2.31. The summed E-state index contributed by atoms with van der Waals surface area (Å²) in [6, 6.07) is 7.03. The van der Waals surface area contributed by atoms with Crippen LogP contribution in [0.5, 0.6) is 0 Å². The van der Waals surface area contributed by atoms with Crippen molar-refractivity contribution in [3.05, 3.63) is 29.8 Å². The molecule has 21 heavy (non-hydrogen) atoms. The summed E-state index contributed by atoms with van der Waals surface area (Å²) in [7, 11) is 0. The SMILES string of the molecule is CC(=O)c1ccc(NC(=O)[C@H](C)[NH+]2CCC[C@H](C)C2)cc1. The number of rotatable bonds is 4. The van der Waals surface area contributed by atoms with Gasteiger partial charge in [-0.25, -0.2) is 0 Å². The lowest BCUT2D eigenvalue weighted by atomic mass is 9.99. The third-order valence-corrected chi connectivity index (χ3v) is 4.37. The minimum atomic E-state index is -0.0415. The molecule has 1 heterocycles. The number of piperidine rings is 1. The highest BCUT2D eigenvalue weighted by Gasteiger charge is 2.29. The summed E-state index contributed by atoms with van der Waals surface area (Å²) < 4.78 is 0. The predicted octanol–water partition coefficient (Wildman–Crippen LogP) is 1.53. The van der Waals surface area contributed by atoms with Crippen molar-refractivity contribution in [2.24, 2.45) is 5.92 Å². The molecule has 2 rings (SSSR count). The Labute approximate surface area is 126 Å². The second kappa shape index (κ2) is 6.85. The number of likely N-dealkylation sites (tertiary alicyclic amines) is 1. The van der Waals surface area contributed by atoms with E-state index in [1.54, 1.807) is 24.3 Å². The first kappa shape index (κ1) is 15.7. The standard InChI is InChI=1S/C17H24N2O2/c1-12-5-4-10-19(11-12)13(2)17(21)18-16-8-6-15(7-9-16)14(3)20/h6-9,12-13H,4-5,10-11H2,1-3H3,(H,18,21)/p+1/t12-,13-/m0/s1. The number of ketones is 1. The van der Waals surface area contributed by atoms with Crippen molar-refractivity contribution in [3.8, 4) is 0 Å². The average molecular weight is 289 g/mol. The van der Waals surface area contributed by atoms with Crippen molar-refractivity contribution in [1.29, 1.82) is 0 Å². The Balaban J connectivity index is 1.95. The van der Waals surface area contributed by atoms with E-state index in [-0.39, 0.29) is 17.7 Å². The monoisotopic (exact) mass is 289 g/mol. The van der Waals surface area contributed by atoms with Gasteiger partial charge in [0.2, 0.25) is 0 Å². The van der Waals surface area contributed by atoms with Crippen LogP contribution in [-0.2, 0) is 4.79 Å². The van der Waals surface area contributed by atoms with E-state index in [0.29, 0.717) is 11.5 Å². The summed E-state index contributed by atoms with van der Waals surface area (Å²) in [6.07, 6.45) is 2.46. The van der Waals surface area contributed by atoms with Crippen molar-refractivity contribution >= 4 is 17.4 Å². The molecule has 1 saturated heterocycles. The van der Waals surface area contributed by atoms with E-state index in [1.165, 1.54) is 24.7 Å². The van der Waals surface area contributed by atoms with E-state index >= 15 is 0 Å². The highest BCUT2D eigenvalue weighted by atomic mass is 16.2. The van der Waals surface area contributed by atoms with Crippen LogP contribution in [0.25, 0.3) is 0 Å². The van der Waals surface area contributed by atoms with Gasteiger partial charge in [-0.05, 0) is 51.0 Å². The largest absolute Gasteiger partial charge is 0.325 e. The molecule has 1 aromatic carbocycles. The molecule has 1 aromatic rings. The van der Waals surface area contributed by atoms with Gasteiger partial charge < -0.3 is 10.2 Å². The number of nitrogens with one attached hydrogen (secondary N) is 2. The van der Waals surface area contributed by atoms with Crippen LogP contribution in [0.4, 0.5) is 5.69 Å². The third kappa shape index (κ3) is 4.14. The number of benzene rings is 1. The summed E-state index contributed by atoms with van der Waals surface area (Å²) in [4.78, 5) is 24.9. The van der Waals surface area contributed by atoms with Crippen LogP contribution in [0.1, 0.15) is 44.0 Å². The van der Waals surface area contributed by atoms with E-state index in [1.807, 2.05) is 6.92 Å². The molecule has 1 amide bonds. The summed E-state index contributed by atoms with van der Waals surface area (Å²) in [5, 5.41) is 2.95. The topological polar surface area (TPSA) is 50.6 Å². The van der Waals surface area contributed by atoms with Gasteiger partial charge in [-0.3, -0.25) is 9.59 Å². The molecule has 0 aliphatic carbocycles. The molecule has 1 aliphatic heterocycles. The Morgan fingerprint density at radius 1 is 1.29 bits per heavy atom. The lowest BCUT2D eigenvalue weighted by molar-refractivity contribution is -0.922. The number of hydrogen-bond acceptors (Lipinski definition) is 2. The maximum atomic E-state index is 12.3. The van der Waals surface area contributed by atoms with E-state index in [2.05, 4.69) is 12.2 Å². The van der Waals surface area contributed by atoms with Gasteiger partial charge in [-0.2, -0.15) is 0 Å². The Bertz CT molecular complexity index is 510. The zero-order valence-electron chi connectivity index (χ0n) is 13.1. The molecular formula is C17H25N2O2+. The van der Waals surface area contributed by atoms with Gasteiger partial charge in [0, 0.05) is 17.2 Å². The van der Waals surface area contributed by atoms with Gasteiger partial charge in [-0.15, -0.1) is 0 Å². The van der Waals surface area contributed by atoms with Crippen LogP contribution in [0.3, 0.4) is 0 Å². The number of anilines is 1. The average Bonchev–Trinajstić information content (AvgIpc) is 2.47. The molecule has 114 valence electrons. The van der Waals surface area contributed by atoms with Crippen molar-refractivity contribution in [2.75, 3.05) is 18.4 Å². The van der Waals surface area contributed by atoms with Crippen LogP contribution in [0.2, 0.25) is 0 Å². The van der Waals surface area contributed by atoms with E-state index in [4.69, 9.17) is 0 Å². The maximum Gasteiger partial charge on any atom is 0.282 e. The molecule has 0 spiro atoms. The summed E-state index contributed by atoms with van der Waals surface area (Å²) in [5.74, 6) is 0.779. The van der Waals surface area contributed by atoms with Crippen LogP contribution in [0, 0.1) is 5.92 Å². The Hall–Kier alpha value is -1.68. The molecule has 1 fully saturated rings. The third-order valence-electron chi connectivity index (χ3n) is 4.37. The molecule has 0 saturated carbocycles. The quantitative estimate of drug-likeness (QED) is 0.826. The number of amides is 1. The van der Waals surface area contributed by atoms with Gasteiger partial charge in [-0.1, -0.05) is 6.92 Å². The smallest absolute Gasteiger partial charge is 0.282 e. The minimum absolute atomic E-state index is 0.0352. The molecule has 4 heteroatoms. The van der Waals surface area contributed by atoms with Crippen LogP contribution >= 0.6 is 0 Å². The van der Waals surface area contributed by atoms with E-state index in [0.717, 1.165) is 18.8 Å². The van der Waals surface area contributed by atoms with Gasteiger partial charge in [0.15, 0.2) is 11.8 Å². The van der Waals surface area contributed by atoms with Gasteiger partial charge >= 0.3 is 0 Å². The fourth-order valence-corrected chi connectivity index (χ4v) is 2.95. The molecule has 3 atom stereocenters. The molecule has 2 N–H and O–H groups in total. The van der Waals surface area contributed by atoms with Crippen LogP contribution < -0.4 is 10.2 Å². The van der Waals surface area contributed by atoms with Crippen molar-refractivity contribution in [3.63, 3.8) is 0 Å². The first-order valence-corrected chi connectivity index (χ1v) is 7.74. The molecule has 0 aromatic heterocycles. The van der Waals surface area contributed by atoms with Crippen LogP contribution in [-0.4, -0.2) is 30.8 Å². The fraction of sp³-hybridized carbons (Fsp3) is 0.529. The summed E-state index contributed by atoms with van der Waals surface area (Å²) in [6.45, 7) is 7.92. The fourth-order valence-electron chi connectivity index (χ4n) is 2.95. The highest BCUT2D eigenvalue weighted by molar-refractivity contribution is 5.96. The first-order chi connectivity index (χ1) is 9.97. The molecule has 0 radical (unpaired) electrons. The Morgan fingerprint density at radius 3 is 2.52 bits per heavy atom. The molecule has 4 nitrogen and oxygen atoms in total. The van der Waals surface area contributed by atoms with Gasteiger partial charge in [0.05, 0.1) is 13.1 Å². The molecule has 0 bridgehead atoms. The molecule has 1 aliphatic rings. The van der Waals surface area contributed by atoms with Crippen molar-refractivity contribution in [1.82, 2.24) is 0 Å². The number of quaternary nitrogens is 1. The molecule has 1 unspecified atom stereocenters. The highest BCUT2D eigenvalue weighted by Crippen LogP contribution is 2.11. The summed E-state index contributed by atoms with van der Waals surface area (Å²) in [5.41, 5.74) is 1.41. The number of Topliss-reactive ketones (excluding diaryl/α,β-unsaturated/α-hetero) is 1. The van der Waals surface area contributed by atoms with Crippen molar-refractivity contribution in [2.45, 2.75) is 39.7 Å². The Morgan fingerprint density at radius 2 is 1.95 bits per heavy atom. The predicted molar refractivity (Wildman–Crippen MR) is 83.6 cm³/mol. The first-order valence-electron chi connectivity index (χ1n) is 7.74. The zero-order chi connectivity index (χ0) is 15.4. The summed E-state index contributed by atoms with van der Waals surface area (Å²) >= 11 is 0. The number of carbonyl (C=O) groups excluding carboxylic acids is 2. The van der Waals surface area contributed by atoms with E-state index < -0.39 is 0 Å². The van der Waals surface area contributed by atoms with E-state index in [9.17, 15) is 9.59 Å². The Kier molecular flexibility index (Phi) is 5.12.